The van der Waals surface area contributed by atoms with Crippen molar-refractivity contribution in [1.82, 2.24) is 10.3 Å². The van der Waals surface area contributed by atoms with Gasteiger partial charge >= 0.3 is 0 Å². The smallest absolute Gasteiger partial charge is 0.244 e. The lowest BCUT2D eigenvalue weighted by atomic mass is 10.2. The molecule has 1 aromatic carbocycles. The Balaban J connectivity index is 1.74. The second kappa shape index (κ2) is 8.83. The van der Waals surface area contributed by atoms with E-state index in [0.29, 0.717) is 16.6 Å². The maximum absolute atomic E-state index is 11.7. The lowest BCUT2D eigenvalue weighted by Crippen LogP contribution is -2.23. The molecule has 0 unspecified atom stereocenters. The van der Waals surface area contributed by atoms with E-state index in [-0.39, 0.29) is 5.91 Å². The van der Waals surface area contributed by atoms with Crippen molar-refractivity contribution in [2.45, 2.75) is 5.03 Å². The number of amides is 1. The van der Waals surface area contributed by atoms with Gasteiger partial charge in [-0.2, -0.15) is 0 Å². The average Bonchev–Trinajstić information content (AvgIpc) is 2.52. The molecular weight excluding hydrogens is 339 g/mol. The molecule has 0 atom stereocenters. The normalized spacial score (nSPS) is 10.8. The van der Waals surface area contributed by atoms with E-state index in [0.717, 1.165) is 16.3 Å². The maximum atomic E-state index is 11.7. The van der Waals surface area contributed by atoms with Crippen LogP contribution < -0.4 is 5.32 Å². The predicted molar refractivity (Wildman–Crippen MR) is 93.5 cm³/mol. The largest absolute Gasteiger partial charge is 0.352 e. The Bertz CT molecular complexity index is 662. The molecule has 0 aliphatic heterocycles. The molecule has 0 radical (unpaired) electrons. The molecule has 2 aromatic rings. The molecule has 0 bridgehead atoms. The van der Waals surface area contributed by atoms with Gasteiger partial charge in [-0.15, -0.1) is 11.8 Å². The molecule has 0 saturated carbocycles. The summed E-state index contributed by atoms with van der Waals surface area (Å²) in [5.41, 5.74) is 0.754. The number of hydrogen-bond donors (Lipinski definition) is 1. The summed E-state index contributed by atoms with van der Waals surface area (Å²) in [6.07, 6.45) is 4.87. The number of rotatable bonds is 6. The Hall–Kier alpha value is -1.49. The van der Waals surface area contributed by atoms with E-state index < -0.39 is 0 Å². The third kappa shape index (κ3) is 5.72. The number of benzene rings is 1. The van der Waals surface area contributed by atoms with Gasteiger partial charge in [0.2, 0.25) is 5.91 Å². The number of halogens is 2. The van der Waals surface area contributed by atoms with E-state index in [2.05, 4.69) is 10.3 Å². The van der Waals surface area contributed by atoms with Crippen LogP contribution in [0.1, 0.15) is 5.56 Å². The van der Waals surface area contributed by atoms with Crippen molar-refractivity contribution >= 4 is 46.9 Å². The minimum Gasteiger partial charge on any atom is -0.352 e. The predicted octanol–water partition coefficient (Wildman–Crippen LogP) is 4.31. The van der Waals surface area contributed by atoms with Gasteiger partial charge in [0.05, 0.1) is 5.03 Å². The number of carbonyl (C=O) groups is 1. The molecule has 114 valence electrons. The van der Waals surface area contributed by atoms with Gasteiger partial charge in [0.15, 0.2) is 0 Å². The second-order valence-corrected chi connectivity index (χ2v) is 6.27. The molecule has 3 nitrogen and oxygen atoms in total. The molecule has 1 aromatic heterocycles. The Morgan fingerprint density at radius 1 is 1.27 bits per heavy atom. The highest BCUT2D eigenvalue weighted by Gasteiger charge is 2.00. The third-order valence-corrected chi connectivity index (χ3v) is 4.17. The zero-order valence-electron chi connectivity index (χ0n) is 11.6. The monoisotopic (exact) mass is 352 g/mol. The molecule has 0 aliphatic carbocycles. The van der Waals surface area contributed by atoms with Crippen molar-refractivity contribution in [1.29, 1.82) is 0 Å². The number of hydrogen-bond acceptors (Lipinski definition) is 3. The van der Waals surface area contributed by atoms with E-state index in [1.165, 1.54) is 6.08 Å². The standard InChI is InChI=1S/C16H14Cl2N2OS/c17-13-6-4-12(14(18)11-13)5-7-15(21)19-9-10-22-16-3-1-2-8-20-16/h1-8,11H,9-10H2,(H,19,21)/b7-5+. The van der Waals surface area contributed by atoms with Gasteiger partial charge < -0.3 is 5.32 Å². The molecule has 0 spiro atoms. The SMILES string of the molecule is O=C(/C=C/c1ccc(Cl)cc1Cl)NCCSc1ccccn1. The zero-order chi connectivity index (χ0) is 15.8. The van der Waals surface area contributed by atoms with Crippen LogP contribution >= 0.6 is 35.0 Å². The van der Waals surface area contributed by atoms with Gasteiger partial charge in [-0.1, -0.05) is 35.3 Å². The lowest BCUT2D eigenvalue weighted by molar-refractivity contribution is -0.116. The van der Waals surface area contributed by atoms with E-state index in [1.807, 2.05) is 18.2 Å². The third-order valence-electron chi connectivity index (χ3n) is 2.67. The van der Waals surface area contributed by atoms with Crippen molar-refractivity contribution in [2.75, 3.05) is 12.3 Å². The van der Waals surface area contributed by atoms with Crippen molar-refractivity contribution in [2.24, 2.45) is 0 Å². The van der Waals surface area contributed by atoms with Crippen LogP contribution in [-0.2, 0) is 4.79 Å². The summed E-state index contributed by atoms with van der Waals surface area (Å²) in [6.45, 7) is 0.568. The Morgan fingerprint density at radius 2 is 2.14 bits per heavy atom. The number of thioether (sulfide) groups is 1. The topological polar surface area (TPSA) is 42.0 Å². The first-order chi connectivity index (χ1) is 10.6. The summed E-state index contributed by atoms with van der Waals surface area (Å²) in [7, 11) is 0. The number of aromatic nitrogens is 1. The van der Waals surface area contributed by atoms with Crippen LogP contribution in [0.3, 0.4) is 0 Å². The molecule has 6 heteroatoms. The fraction of sp³-hybridized carbons (Fsp3) is 0.125. The highest BCUT2D eigenvalue weighted by atomic mass is 35.5. The summed E-state index contributed by atoms with van der Waals surface area (Å²) in [5, 5.41) is 4.84. The fourth-order valence-corrected chi connectivity index (χ4v) is 2.82. The minimum absolute atomic E-state index is 0.160. The van der Waals surface area contributed by atoms with Gasteiger partial charge in [0.25, 0.3) is 0 Å². The van der Waals surface area contributed by atoms with Crippen molar-refractivity contribution in [3.8, 4) is 0 Å². The Morgan fingerprint density at radius 3 is 2.86 bits per heavy atom. The number of carbonyl (C=O) groups excluding carboxylic acids is 1. The minimum atomic E-state index is -0.160. The first-order valence-corrected chi connectivity index (χ1v) is 8.34. The molecular formula is C16H14Cl2N2OS. The van der Waals surface area contributed by atoms with E-state index >= 15 is 0 Å². The van der Waals surface area contributed by atoms with E-state index in [4.69, 9.17) is 23.2 Å². The average molecular weight is 353 g/mol. The van der Waals surface area contributed by atoms with Crippen LogP contribution in [0.5, 0.6) is 0 Å². The maximum Gasteiger partial charge on any atom is 0.244 e. The summed E-state index contributed by atoms with van der Waals surface area (Å²) in [5.74, 6) is 0.603. The first kappa shape index (κ1) is 16.9. The highest BCUT2D eigenvalue weighted by Crippen LogP contribution is 2.21. The van der Waals surface area contributed by atoms with Gasteiger partial charge in [-0.25, -0.2) is 4.98 Å². The van der Waals surface area contributed by atoms with Crippen molar-refractivity contribution < 1.29 is 4.79 Å². The van der Waals surface area contributed by atoms with E-state index in [9.17, 15) is 4.79 Å². The summed E-state index contributed by atoms with van der Waals surface area (Å²) in [6, 6.07) is 10.9. The summed E-state index contributed by atoms with van der Waals surface area (Å²) < 4.78 is 0. The van der Waals surface area contributed by atoms with Crippen molar-refractivity contribution in [3.05, 3.63) is 64.3 Å². The van der Waals surface area contributed by atoms with Crippen molar-refractivity contribution in [3.63, 3.8) is 0 Å². The summed E-state index contributed by atoms with van der Waals surface area (Å²) >= 11 is 13.4. The Labute approximate surface area is 143 Å². The van der Waals surface area contributed by atoms with Gasteiger partial charge in [0, 0.05) is 34.6 Å². The van der Waals surface area contributed by atoms with Gasteiger partial charge in [-0.05, 0) is 35.9 Å². The van der Waals surface area contributed by atoms with E-state index in [1.54, 1.807) is 42.2 Å². The molecule has 1 amide bonds. The van der Waals surface area contributed by atoms with Crippen LogP contribution in [-0.4, -0.2) is 23.2 Å². The lowest BCUT2D eigenvalue weighted by Gasteiger charge is -2.02. The molecule has 0 aliphatic rings. The van der Waals surface area contributed by atoms with Crippen LogP contribution in [0.2, 0.25) is 10.0 Å². The molecule has 0 saturated heterocycles. The zero-order valence-corrected chi connectivity index (χ0v) is 14.0. The van der Waals surface area contributed by atoms with Crippen LogP contribution in [0.25, 0.3) is 6.08 Å². The Kier molecular flexibility index (Phi) is 6.77. The highest BCUT2D eigenvalue weighted by molar-refractivity contribution is 7.99. The number of nitrogens with zero attached hydrogens (tertiary/aromatic N) is 1. The van der Waals surface area contributed by atoms with Crippen LogP contribution in [0.15, 0.2) is 53.7 Å². The fourth-order valence-electron chi connectivity index (χ4n) is 1.62. The molecule has 22 heavy (non-hydrogen) atoms. The van der Waals surface area contributed by atoms with Gasteiger partial charge in [0.1, 0.15) is 0 Å². The molecule has 0 fully saturated rings. The van der Waals surface area contributed by atoms with Crippen LogP contribution in [0.4, 0.5) is 0 Å². The number of nitrogens with one attached hydrogen (secondary N) is 1. The first-order valence-electron chi connectivity index (χ1n) is 6.60. The molecule has 2 rings (SSSR count). The van der Waals surface area contributed by atoms with Crippen LogP contribution in [0, 0.1) is 0 Å². The second-order valence-electron chi connectivity index (χ2n) is 4.31. The molecule has 1 N–H and O–H groups in total. The quantitative estimate of drug-likeness (QED) is 0.478. The number of pyridine rings is 1. The molecule has 1 heterocycles. The summed E-state index contributed by atoms with van der Waals surface area (Å²) in [4.78, 5) is 15.9. The van der Waals surface area contributed by atoms with Gasteiger partial charge in [-0.3, -0.25) is 4.79 Å².